The summed E-state index contributed by atoms with van der Waals surface area (Å²) < 4.78 is 35.7. The zero-order valence-electron chi connectivity index (χ0n) is 38.9. The van der Waals surface area contributed by atoms with Crippen LogP contribution in [0.25, 0.3) is 0 Å². The van der Waals surface area contributed by atoms with Gasteiger partial charge < -0.3 is 37.4 Å². The number of ether oxygens (including phenoxy) is 6. The number of quaternary nitrogens is 2. The summed E-state index contributed by atoms with van der Waals surface area (Å²) in [6.45, 7) is 8.80. The van der Waals surface area contributed by atoms with Crippen LogP contribution in [0, 0.1) is 0 Å². The van der Waals surface area contributed by atoms with Crippen LogP contribution in [0.1, 0.15) is 142 Å². The highest BCUT2D eigenvalue weighted by molar-refractivity contribution is 5.78. The van der Waals surface area contributed by atoms with Crippen LogP contribution < -0.4 is 18.9 Å². The van der Waals surface area contributed by atoms with Gasteiger partial charge in [0.05, 0.1) is 64.2 Å². The second-order valence-corrected chi connectivity index (χ2v) is 18.7. The minimum atomic E-state index is -0.393. The van der Waals surface area contributed by atoms with Gasteiger partial charge in [-0.2, -0.15) is 0 Å². The van der Waals surface area contributed by atoms with E-state index in [1.54, 1.807) is 52.0 Å². The van der Waals surface area contributed by atoms with E-state index in [1.165, 1.54) is 0 Å². The first-order chi connectivity index (χ1) is 30.7. The molecule has 4 aliphatic rings. The molecule has 14 heteroatoms. The van der Waals surface area contributed by atoms with Crippen LogP contribution in [0.5, 0.6) is 23.0 Å². The van der Waals surface area contributed by atoms with Gasteiger partial charge >= 0.3 is 35.8 Å². The summed E-state index contributed by atoms with van der Waals surface area (Å²) in [4.78, 5) is 74.2. The summed E-state index contributed by atoms with van der Waals surface area (Å²) in [5, 5.41) is 0. The molecule has 8 atom stereocenters. The molecule has 4 aliphatic heterocycles. The predicted octanol–water partition coefficient (Wildman–Crippen LogP) is 7.66. The number of piperidine rings is 2. The molecule has 0 N–H and O–H groups in total. The Morgan fingerprint density at radius 3 is 1.09 bits per heavy atom. The quantitative estimate of drug-likeness (QED) is 0.0686. The molecule has 4 saturated heterocycles. The molecule has 0 spiro atoms. The third-order valence-corrected chi connectivity index (χ3v) is 14.5. The second kappa shape index (κ2) is 21.9. The Bertz CT molecular complexity index is 1850. The monoisotopic (exact) mass is 890 g/mol. The molecule has 6 rings (SSSR count). The number of aryl methyl sites for hydroxylation is 2. The zero-order valence-corrected chi connectivity index (χ0v) is 38.9. The van der Waals surface area contributed by atoms with Crippen molar-refractivity contribution >= 4 is 35.8 Å². The second-order valence-electron chi connectivity index (χ2n) is 18.7. The van der Waals surface area contributed by atoms with E-state index in [9.17, 15) is 28.8 Å². The molecule has 4 unspecified atom stereocenters. The van der Waals surface area contributed by atoms with E-state index >= 15 is 0 Å². The molecule has 0 amide bonds. The number of fused-ring (bicyclic) bond motifs is 4. The van der Waals surface area contributed by atoms with Gasteiger partial charge in [0.15, 0.2) is 23.0 Å². The predicted molar refractivity (Wildman–Crippen MR) is 236 cm³/mol. The number of rotatable bonds is 21. The third kappa shape index (κ3) is 12.1. The molecule has 0 aromatic heterocycles. The highest BCUT2D eigenvalue weighted by atomic mass is 16.6. The average Bonchev–Trinajstić information content (AvgIpc) is 3.50. The van der Waals surface area contributed by atoms with Crippen LogP contribution in [0.4, 0.5) is 0 Å². The smallest absolute Gasteiger partial charge is 0.311 e. The number of hydrogen-bond acceptors (Lipinski definition) is 12. The summed E-state index contributed by atoms with van der Waals surface area (Å²) in [5.41, 5.74) is 2.01. The number of benzene rings is 2. The molecule has 64 heavy (non-hydrogen) atoms. The molecular formula is C50H70N2O12+2. The first-order valence-corrected chi connectivity index (χ1v) is 23.8. The minimum Gasteiger partial charge on any atom is -0.462 e. The summed E-state index contributed by atoms with van der Waals surface area (Å²) >= 11 is 0. The van der Waals surface area contributed by atoms with Crippen molar-refractivity contribution in [2.45, 2.75) is 180 Å². The Balaban J connectivity index is 0.912. The number of esters is 6. The van der Waals surface area contributed by atoms with Gasteiger partial charge in [-0.05, 0) is 48.2 Å². The molecule has 0 aliphatic carbocycles. The SMILES string of the molecule is CCC(=O)Oc1ccc(CCC[N+]2(C)[C@@H]3CC[C@H]2CC(OC(=O)CCC(=O)OC2C[C@H]4CC[C@@H](C2)[N+]4(C)CCCc2ccc(OC(=O)CC)c(OC(=O)CC)c2)C3)cc1OC(=O)CC. The van der Waals surface area contributed by atoms with Crippen molar-refractivity contribution in [3.8, 4) is 23.0 Å². The molecule has 2 aromatic rings. The van der Waals surface area contributed by atoms with Crippen LogP contribution in [-0.2, 0) is 51.1 Å². The fourth-order valence-electron chi connectivity index (χ4n) is 10.8. The Morgan fingerprint density at radius 1 is 0.469 bits per heavy atom. The number of hydrogen-bond donors (Lipinski definition) is 0. The molecule has 0 radical (unpaired) electrons. The first-order valence-electron chi connectivity index (χ1n) is 23.8. The number of carbonyl (C=O) groups is 6. The molecule has 0 saturated carbocycles. The van der Waals surface area contributed by atoms with Crippen molar-refractivity contribution in [3.05, 3.63) is 47.5 Å². The molecule has 4 heterocycles. The normalized spacial score (nSPS) is 26.7. The maximum atomic E-state index is 13.1. The maximum Gasteiger partial charge on any atom is 0.311 e. The standard InChI is InChI=1S/C50H70N2O12/c1-7-45(53)61-41-21-15-33(27-43(41)63-47(55)9-3)13-11-25-51(5)35-17-18-36(51)30-39(29-35)59-49(57)23-24-50(58)60-40-31-37-19-20-38(32-40)52(37,6)26-12-14-34-16-22-42(62-46(54)8-2)44(28-34)64-48(56)10-4/h15-16,21-22,27-28,35-40H,7-14,17-20,23-26,29-32H2,1-6H3/q+2/t35-,36+,37-,38+,39?,40?,51?,52?. The lowest BCUT2D eigenvalue weighted by Gasteiger charge is -2.47. The van der Waals surface area contributed by atoms with E-state index in [0.717, 1.165) is 110 Å². The highest BCUT2D eigenvalue weighted by Gasteiger charge is 2.53. The largest absolute Gasteiger partial charge is 0.462 e. The van der Waals surface area contributed by atoms with Crippen molar-refractivity contribution in [3.63, 3.8) is 0 Å². The summed E-state index contributed by atoms with van der Waals surface area (Å²) in [5.74, 6) is -1.22. The van der Waals surface area contributed by atoms with Crippen LogP contribution in [0.3, 0.4) is 0 Å². The summed E-state index contributed by atoms with van der Waals surface area (Å²) in [6.07, 6.45) is 11.5. The van der Waals surface area contributed by atoms with Gasteiger partial charge in [-0.3, -0.25) is 28.8 Å². The lowest BCUT2D eigenvalue weighted by Crippen LogP contribution is -2.59. The van der Waals surface area contributed by atoms with E-state index < -0.39 is 23.9 Å². The van der Waals surface area contributed by atoms with Crippen molar-refractivity contribution in [1.82, 2.24) is 0 Å². The lowest BCUT2D eigenvalue weighted by molar-refractivity contribution is -0.949. The highest BCUT2D eigenvalue weighted by Crippen LogP contribution is 2.44. The van der Waals surface area contributed by atoms with E-state index in [2.05, 4.69) is 14.1 Å². The Morgan fingerprint density at radius 2 is 0.781 bits per heavy atom. The third-order valence-electron chi connectivity index (χ3n) is 14.5. The van der Waals surface area contributed by atoms with Crippen LogP contribution in [-0.4, -0.2) is 108 Å². The van der Waals surface area contributed by atoms with E-state index in [1.807, 2.05) is 12.1 Å². The van der Waals surface area contributed by atoms with Gasteiger partial charge in [0.2, 0.25) is 0 Å². The molecule has 4 bridgehead atoms. The van der Waals surface area contributed by atoms with E-state index in [4.69, 9.17) is 28.4 Å². The molecular weight excluding hydrogens is 821 g/mol. The van der Waals surface area contributed by atoms with Crippen molar-refractivity contribution in [2.75, 3.05) is 27.2 Å². The fraction of sp³-hybridized carbons (Fsp3) is 0.640. The van der Waals surface area contributed by atoms with Crippen LogP contribution in [0.15, 0.2) is 36.4 Å². The van der Waals surface area contributed by atoms with Gasteiger partial charge in [-0.1, -0.05) is 39.8 Å². The Hall–Kier alpha value is -4.82. The van der Waals surface area contributed by atoms with Crippen molar-refractivity contribution < 1.29 is 66.2 Å². The van der Waals surface area contributed by atoms with Crippen LogP contribution in [0.2, 0.25) is 0 Å². The maximum absolute atomic E-state index is 13.1. The Kier molecular flexibility index (Phi) is 16.6. The van der Waals surface area contributed by atoms with E-state index in [0.29, 0.717) is 24.2 Å². The fourth-order valence-corrected chi connectivity index (χ4v) is 10.8. The molecule has 4 fully saturated rings. The number of nitrogens with zero attached hydrogens (tertiary/aromatic N) is 2. The van der Waals surface area contributed by atoms with Gasteiger partial charge in [-0.25, -0.2) is 0 Å². The topological polar surface area (TPSA) is 158 Å². The van der Waals surface area contributed by atoms with Gasteiger partial charge in [0, 0.05) is 89.9 Å². The van der Waals surface area contributed by atoms with Crippen LogP contribution >= 0.6 is 0 Å². The van der Waals surface area contributed by atoms with Crippen molar-refractivity contribution in [2.24, 2.45) is 0 Å². The molecule has 2 aromatic carbocycles. The van der Waals surface area contributed by atoms with Gasteiger partial charge in [0.25, 0.3) is 0 Å². The first kappa shape index (κ1) is 48.6. The Labute approximate surface area is 378 Å². The molecule has 350 valence electrons. The minimum absolute atomic E-state index is 0.0114. The average molecular weight is 891 g/mol. The van der Waals surface area contributed by atoms with E-state index in [-0.39, 0.29) is 85.7 Å². The van der Waals surface area contributed by atoms with Crippen molar-refractivity contribution in [1.29, 1.82) is 0 Å². The van der Waals surface area contributed by atoms with Gasteiger partial charge in [-0.15, -0.1) is 0 Å². The lowest BCUT2D eigenvalue weighted by atomic mass is 9.95. The van der Waals surface area contributed by atoms with Gasteiger partial charge in [0.1, 0.15) is 12.2 Å². The number of carbonyl (C=O) groups excluding carboxylic acids is 6. The molecule has 14 nitrogen and oxygen atoms in total. The zero-order chi connectivity index (χ0) is 46.0. The summed E-state index contributed by atoms with van der Waals surface area (Å²) in [6, 6.07) is 12.4. The summed E-state index contributed by atoms with van der Waals surface area (Å²) in [7, 11) is 4.63.